The van der Waals surface area contributed by atoms with E-state index in [1.54, 1.807) is 0 Å². The maximum Gasteiger partial charge on any atom is 0.0516 e. The van der Waals surface area contributed by atoms with Crippen LogP contribution in [0.2, 0.25) is 0 Å². The predicted octanol–water partition coefficient (Wildman–Crippen LogP) is 2.07. The zero-order valence-corrected chi connectivity index (χ0v) is 6.89. The normalized spacial score (nSPS) is 51.0. The van der Waals surface area contributed by atoms with Crippen molar-refractivity contribution in [3.63, 3.8) is 0 Å². The molecule has 0 bridgehead atoms. The van der Waals surface area contributed by atoms with Gasteiger partial charge in [-0.15, -0.1) is 0 Å². The van der Waals surface area contributed by atoms with E-state index in [4.69, 9.17) is 4.74 Å². The van der Waals surface area contributed by atoms with Crippen molar-refractivity contribution in [2.45, 2.75) is 26.2 Å². The van der Waals surface area contributed by atoms with Gasteiger partial charge in [0.25, 0.3) is 0 Å². The van der Waals surface area contributed by atoms with E-state index in [0.717, 1.165) is 18.4 Å². The Hall–Kier alpha value is -0.0400. The SMILES string of the molecule is COCC1(C)CC2CC2C1. The summed E-state index contributed by atoms with van der Waals surface area (Å²) in [7, 11) is 1.81. The van der Waals surface area contributed by atoms with E-state index < -0.39 is 0 Å². The minimum Gasteiger partial charge on any atom is -0.384 e. The molecule has 0 aromatic carbocycles. The van der Waals surface area contributed by atoms with E-state index >= 15 is 0 Å². The minimum atomic E-state index is 0.544. The van der Waals surface area contributed by atoms with Gasteiger partial charge < -0.3 is 4.74 Å². The highest BCUT2D eigenvalue weighted by Crippen LogP contribution is 2.59. The lowest BCUT2D eigenvalue weighted by Gasteiger charge is -2.24. The Kier molecular flexibility index (Phi) is 1.31. The van der Waals surface area contributed by atoms with E-state index in [1.807, 2.05) is 7.11 Å². The predicted molar refractivity (Wildman–Crippen MR) is 40.8 cm³/mol. The standard InChI is InChI=1S/C9H16O/c1-9(6-10-2)4-7-3-8(7)5-9/h7-8H,3-6H2,1-2H3. The molecule has 1 nitrogen and oxygen atoms in total. The molecule has 0 saturated heterocycles. The summed E-state index contributed by atoms with van der Waals surface area (Å²) in [6, 6.07) is 0. The number of ether oxygens (including phenoxy) is 1. The van der Waals surface area contributed by atoms with Gasteiger partial charge >= 0.3 is 0 Å². The first-order chi connectivity index (χ1) is 4.73. The molecule has 2 unspecified atom stereocenters. The highest BCUT2D eigenvalue weighted by molar-refractivity contribution is 5.01. The number of methoxy groups -OCH3 is 1. The lowest BCUT2D eigenvalue weighted by atomic mass is 9.86. The molecule has 0 aliphatic heterocycles. The van der Waals surface area contributed by atoms with Crippen molar-refractivity contribution >= 4 is 0 Å². The molecule has 0 aromatic rings. The van der Waals surface area contributed by atoms with Crippen LogP contribution in [0, 0.1) is 17.3 Å². The van der Waals surface area contributed by atoms with Crippen LogP contribution in [0.5, 0.6) is 0 Å². The highest BCUT2D eigenvalue weighted by atomic mass is 16.5. The molecule has 2 rings (SSSR count). The largest absolute Gasteiger partial charge is 0.384 e. The van der Waals surface area contributed by atoms with Gasteiger partial charge in [0.05, 0.1) is 6.61 Å². The maximum absolute atomic E-state index is 5.20. The average Bonchev–Trinajstić information content (AvgIpc) is 2.41. The van der Waals surface area contributed by atoms with E-state index in [-0.39, 0.29) is 0 Å². The second-order valence-corrected chi connectivity index (χ2v) is 4.41. The number of hydrogen-bond acceptors (Lipinski definition) is 1. The Bertz CT molecular complexity index is 132. The van der Waals surface area contributed by atoms with Crippen LogP contribution in [0.15, 0.2) is 0 Å². The van der Waals surface area contributed by atoms with Gasteiger partial charge in [-0.3, -0.25) is 0 Å². The summed E-state index contributed by atoms with van der Waals surface area (Å²) < 4.78 is 5.20. The molecule has 10 heavy (non-hydrogen) atoms. The summed E-state index contributed by atoms with van der Waals surface area (Å²) in [5.74, 6) is 2.17. The van der Waals surface area contributed by atoms with Crippen molar-refractivity contribution in [2.24, 2.45) is 17.3 Å². The summed E-state index contributed by atoms with van der Waals surface area (Å²) in [5.41, 5.74) is 0.544. The molecule has 0 aromatic heterocycles. The van der Waals surface area contributed by atoms with Gasteiger partial charge in [0, 0.05) is 7.11 Å². The number of hydrogen-bond donors (Lipinski definition) is 0. The molecule has 58 valence electrons. The van der Waals surface area contributed by atoms with Crippen LogP contribution >= 0.6 is 0 Å². The minimum absolute atomic E-state index is 0.544. The van der Waals surface area contributed by atoms with Crippen molar-refractivity contribution < 1.29 is 4.74 Å². The van der Waals surface area contributed by atoms with Crippen molar-refractivity contribution in [3.8, 4) is 0 Å². The van der Waals surface area contributed by atoms with Gasteiger partial charge in [0.2, 0.25) is 0 Å². The fourth-order valence-corrected chi connectivity index (χ4v) is 2.63. The Balaban J connectivity index is 1.92. The highest BCUT2D eigenvalue weighted by Gasteiger charge is 2.51. The van der Waals surface area contributed by atoms with Gasteiger partial charge in [-0.2, -0.15) is 0 Å². The average molecular weight is 140 g/mol. The molecule has 0 radical (unpaired) electrons. The Labute approximate surface area is 62.8 Å². The summed E-state index contributed by atoms with van der Waals surface area (Å²) in [5, 5.41) is 0. The zero-order chi connectivity index (χ0) is 7.19. The molecule has 0 heterocycles. The molecular formula is C9H16O. The van der Waals surface area contributed by atoms with Gasteiger partial charge in [-0.25, -0.2) is 0 Å². The first-order valence-corrected chi connectivity index (χ1v) is 4.22. The van der Waals surface area contributed by atoms with E-state index in [9.17, 15) is 0 Å². The number of fused-ring (bicyclic) bond motifs is 1. The molecule has 0 N–H and O–H groups in total. The van der Waals surface area contributed by atoms with Crippen LogP contribution in [0.1, 0.15) is 26.2 Å². The van der Waals surface area contributed by atoms with Gasteiger partial charge in [0.15, 0.2) is 0 Å². The van der Waals surface area contributed by atoms with Crippen LogP contribution in [-0.2, 0) is 4.74 Å². The lowest BCUT2D eigenvalue weighted by molar-refractivity contribution is 0.0876. The van der Waals surface area contributed by atoms with E-state index in [2.05, 4.69) is 6.92 Å². The van der Waals surface area contributed by atoms with Crippen LogP contribution < -0.4 is 0 Å². The molecular weight excluding hydrogens is 124 g/mol. The molecule has 1 heteroatoms. The maximum atomic E-state index is 5.20. The monoisotopic (exact) mass is 140 g/mol. The third-order valence-electron chi connectivity index (χ3n) is 3.07. The Morgan fingerprint density at radius 1 is 1.40 bits per heavy atom. The summed E-state index contributed by atoms with van der Waals surface area (Å²) in [6.07, 6.45) is 4.36. The molecule has 2 aliphatic carbocycles. The van der Waals surface area contributed by atoms with Gasteiger partial charge in [-0.05, 0) is 36.5 Å². The van der Waals surface area contributed by atoms with Crippen molar-refractivity contribution in [3.05, 3.63) is 0 Å². The lowest BCUT2D eigenvalue weighted by Crippen LogP contribution is -2.20. The Morgan fingerprint density at radius 3 is 2.50 bits per heavy atom. The van der Waals surface area contributed by atoms with Crippen LogP contribution in [0.3, 0.4) is 0 Å². The molecule has 2 aliphatic rings. The molecule has 2 saturated carbocycles. The Morgan fingerprint density at radius 2 is 2.00 bits per heavy atom. The molecule has 2 atom stereocenters. The van der Waals surface area contributed by atoms with E-state index in [1.165, 1.54) is 19.3 Å². The molecule has 0 spiro atoms. The van der Waals surface area contributed by atoms with Gasteiger partial charge in [-0.1, -0.05) is 6.92 Å². The molecule has 0 amide bonds. The topological polar surface area (TPSA) is 9.23 Å². The first-order valence-electron chi connectivity index (χ1n) is 4.22. The smallest absolute Gasteiger partial charge is 0.0516 e. The quantitative estimate of drug-likeness (QED) is 0.570. The fraction of sp³-hybridized carbons (Fsp3) is 1.00. The van der Waals surface area contributed by atoms with Crippen molar-refractivity contribution in [1.82, 2.24) is 0 Å². The van der Waals surface area contributed by atoms with Crippen LogP contribution in [0.25, 0.3) is 0 Å². The third-order valence-corrected chi connectivity index (χ3v) is 3.07. The number of rotatable bonds is 2. The first kappa shape index (κ1) is 6.66. The zero-order valence-electron chi connectivity index (χ0n) is 6.89. The summed E-state index contributed by atoms with van der Waals surface area (Å²) in [4.78, 5) is 0. The van der Waals surface area contributed by atoms with Crippen molar-refractivity contribution in [2.75, 3.05) is 13.7 Å². The third kappa shape index (κ3) is 0.968. The molecule has 2 fully saturated rings. The van der Waals surface area contributed by atoms with Crippen LogP contribution in [0.4, 0.5) is 0 Å². The van der Waals surface area contributed by atoms with Crippen molar-refractivity contribution in [1.29, 1.82) is 0 Å². The second-order valence-electron chi connectivity index (χ2n) is 4.41. The summed E-state index contributed by atoms with van der Waals surface area (Å²) >= 11 is 0. The second kappa shape index (κ2) is 1.97. The van der Waals surface area contributed by atoms with Gasteiger partial charge in [0.1, 0.15) is 0 Å². The van der Waals surface area contributed by atoms with Crippen LogP contribution in [-0.4, -0.2) is 13.7 Å². The summed E-state index contributed by atoms with van der Waals surface area (Å²) in [6.45, 7) is 3.34. The fourth-order valence-electron chi connectivity index (χ4n) is 2.63. The van der Waals surface area contributed by atoms with E-state index in [0.29, 0.717) is 5.41 Å².